The second kappa shape index (κ2) is 5.63. The van der Waals surface area contributed by atoms with Crippen LogP contribution in [0.5, 0.6) is 5.75 Å². The lowest BCUT2D eigenvalue weighted by Gasteiger charge is -2.20. The highest BCUT2D eigenvalue weighted by Gasteiger charge is 2.45. The highest BCUT2D eigenvalue weighted by molar-refractivity contribution is 5.95. The predicted octanol–water partition coefficient (Wildman–Crippen LogP) is 2.65. The van der Waals surface area contributed by atoms with Gasteiger partial charge in [-0.15, -0.1) is 0 Å². The summed E-state index contributed by atoms with van der Waals surface area (Å²) in [6.07, 6.45) is 2.24. The number of hydrogen-bond donors (Lipinski definition) is 4. The van der Waals surface area contributed by atoms with Crippen LogP contribution >= 0.6 is 0 Å². The average molecular weight is 292 g/mol. The molecule has 2 amide bonds. The third kappa shape index (κ3) is 3.45. The first-order valence-electron chi connectivity index (χ1n) is 6.95. The Labute approximate surface area is 123 Å². The molecule has 0 atom stereocenters. The molecule has 1 aliphatic carbocycles. The number of benzene rings is 1. The normalized spacial score (nSPS) is 15.6. The van der Waals surface area contributed by atoms with Crippen molar-refractivity contribution in [1.29, 1.82) is 0 Å². The lowest BCUT2D eigenvalue weighted by atomic mass is 9.92. The zero-order valence-corrected chi connectivity index (χ0v) is 12.1. The first-order chi connectivity index (χ1) is 9.84. The highest BCUT2D eigenvalue weighted by Crippen LogP contribution is 2.51. The van der Waals surface area contributed by atoms with Crippen molar-refractivity contribution < 1.29 is 19.8 Å². The largest absolute Gasteiger partial charge is 0.507 e. The fourth-order valence-electron chi connectivity index (χ4n) is 2.34. The van der Waals surface area contributed by atoms with E-state index in [2.05, 4.69) is 24.5 Å². The molecule has 1 aliphatic rings. The van der Waals surface area contributed by atoms with E-state index in [9.17, 15) is 14.7 Å². The Morgan fingerprint density at radius 3 is 2.52 bits per heavy atom. The van der Waals surface area contributed by atoms with Crippen molar-refractivity contribution in [2.24, 2.45) is 11.3 Å². The number of nitrogens with one attached hydrogen (secondary N) is 2. The number of aromatic hydroxyl groups is 1. The van der Waals surface area contributed by atoms with Crippen molar-refractivity contribution in [3.63, 3.8) is 0 Å². The fraction of sp³-hybridized carbons (Fsp3) is 0.467. The van der Waals surface area contributed by atoms with E-state index in [0.29, 0.717) is 18.2 Å². The van der Waals surface area contributed by atoms with Crippen LogP contribution in [0.1, 0.15) is 37.0 Å². The van der Waals surface area contributed by atoms with E-state index in [4.69, 9.17) is 5.11 Å². The Morgan fingerprint density at radius 2 is 2.00 bits per heavy atom. The number of rotatable bonds is 5. The molecular formula is C15H20N2O4. The van der Waals surface area contributed by atoms with Crippen LogP contribution in [0.3, 0.4) is 0 Å². The molecule has 1 fully saturated rings. The minimum atomic E-state index is -1.24. The van der Waals surface area contributed by atoms with Gasteiger partial charge in [0.15, 0.2) is 0 Å². The average Bonchev–Trinajstić information content (AvgIpc) is 3.19. The number of amides is 2. The van der Waals surface area contributed by atoms with Gasteiger partial charge < -0.3 is 20.8 Å². The van der Waals surface area contributed by atoms with E-state index >= 15 is 0 Å². The Bertz CT molecular complexity index is 565. The molecule has 0 bridgehead atoms. The number of aromatic carboxylic acids is 1. The van der Waals surface area contributed by atoms with E-state index in [-0.39, 0.29) is 22.8 Å². The van der Waals surface area contributed by atoms with Crippen LogP contribution in [0.4, 0.5) is 10.5 Å². The SMILES string of the molecule is CC(C)C1(CNC(=O)Nc2ccc(O)c(C(=O)O)c2)CC1. The lowest BCUT2D eigenvalue weighted by Crippen LogP contribution is -2.35. The Hall–Kier alpha value is -2.24. The number of phenols is 1. The summed E-state index contributed by atoms with van der Waals surface area (Å²) in [6.45, 7) is 4.90. The molecule has 114 valence electrons. The number of carbonyl (C=O) groups is 2. The van der Waals surface area contributed by atoms with Crippen molar-refractivity contribution in [2.45, 2.75) is 26.7 Å². The van der Waals surface area contributed by atoms with Crippen LogP contribution < -0.4 is 10.6 Å². The maximum Gasteiger partial charge on any atom is 0.339 e. The molecule has 1 aromatic rings. The maximum atomic E-state index is 11.8. The van der Waals surface area contributed by atoms with Crippen LogP contribution in [0.15, 0.2) is 18.2 Å². The third-order valence-electron chi connectivity index (χ3n) is 4.20. The van der Waals surface area contributed by atoms with Gasteiger partial charge in [-0.25, -0.2) is 9.59 Å². The Balaban J connectivity index is 1.94. The molecule has 0 aliphatic heterocycles. The number of urea groups is 1. The highest BCUT2D eigenvalue weighted by atomic mass is 16.4. The Kier molecular flexibility index (Phi) is 4.06. The van der Waals surface area contributed by atoms with E-state index in [1.807, 2.05) is 0 Å². The molecular weight excluding hydrogens is 272 g/mol. The van der Waals surface area contributed by atoms with Crippen LogP contribution in [-0.2, 0) is 0 Å². The minimum absolute atomic E-state index is 0.207. The molecule has 6 heteroatoms. The molecule has 0 aromatic heterocycles. The molecule has 21 heavy (non-hydrogen) atoms. The number of carboxylic acids is 1. The molecule has 2 rings (SSSR count). The van der Waals surface area contributed by atoms with Gasteiger partial charge in [0.2, 0.25) is 0 Å². The summed E-state index contributed by atoms with van der Waals surface area (Å²) >= 11 is 0. The molecule has 0 unspecified atom stereocenters. The van der Waals surface area contributed by atoms with Crippen molar-refractivity contribution >= 4 is 17.7 Å². The van der Waals surface area contributed by atoms with Gasteiger partial charge in [-0.3, -0.25) is 0 Å². The quantitative estimate of drug-likeness (QED) is 0.627. The summed E-state index contributed by atoms with van der Waals surface area (Å²) in [5, 5.41) is 23.7. The molecule has 6 nitrogen and oxygen atoms in total. The van der Waals surface area contributed by atoms with Gasteiger partial charge in [-0.05, 0) is 42.4 Å². The van der Waals surface area contributed by atoms with Crippen molar-refractivity contribution in [3.05, 3.63) is 23.8 Å². The topological polar surface area (TPSA) is 98.7 Å². The third-order valence-corrected chi connectivity index (χ3v) is 4.20. The lowest BCUT2D eigenvalue weighted by molar-refractivity contribution is 0.0693. The number of anilines is 1. The van der Waals surface area contributed by atoms with Gasteiger partial charge in [-0.1, -0.05) is 13.8 Å². The van der Waals surface area contributed by atoms with E-state index in [1.54, 1.807) is 0 Å². The zero-order chi connectivity index (χ0) is 15.6. The molecule has 0 heterocycles. The van der Waals surface area contributed by atoms with E-state index < -0.39 is 5.97 Å². The molecule has 0 radical (unpaired) electrons. The Morgan fingerprint density at radius 1 is 1.33 bits per heavy atom. The van der Waals surface area contributed by atoms with Gasteiger partial charge in [0, 0.05) is 12.2 Å². The first-order valence-corrected chi connectivity index (χ1v) is 6.95. The standard InChI is InChI=1S/C15H20N2O4/c1-9(2)15(5-6-15)8-16-14(21)17-10-3-4-12(18)11(7-10)13(19)20/h3-4,7,9,18H,5-6,8H2,1-2H3,(H,19,20)(H2,16,17,21). The summed E-state index contributed by atoms with van der Waals surface area (Å²) in [4.78, 5) is 22.8. The van der Waals surface area contributed by atoms with E-state index in [0.717, 1.165) is 12.8 Å². The number of hydrogen-bond acceptors (Lipinski definition) is 3. The van der Waals surface area contributed by atoms with Gasteiger partial charge in [0.05, 0.1) is 0 Å². The zero-order valence-electron chi connectivity index (χ0n) is 12.1. The summed E-state index contributed by atoms with van der Waals surface area (Å²) < 4.78 is 0. The van der Waals surface area contributed by atoms with Crippen molar-refractivity contribution in [3.8, 4) is 5.75 Å². The van der Waals surface area contributed by atoms with Crippen LogP contribution in [0.25, 0.3) is 0 Å². The predicted molar refractivity (Wildman–Crippen MR) is 78.6 cm³/mol. The van der Waals surface area contributed by atoms with E-state index in [1.165, 1.54) is 18.2 Å². The second-order valence-corrected chi connectivity index (χ2v) is 5.86. The molecule has 1 aromatic carbocycles. The molecule has 4 N–H and O–H groups in total. The fourth-order valence-corrected chi connectivity index (χ4v) is 2.34. The first kappa shape index (κ1) is 15.2. The van der Waals surface area contributed by atoms with Crippen molar-refractivity contribution in [1.82, 2.24) is 5.32 Å². The van der Waals surface area contributed by atoms with Crippen LogP contribution in [0.2, 0.25) is 0 Å². The van der Waals surface area contributed by atoms with Gasteiger partial charge in [0.1, 0.15) is 11.3 Å². The summed E-state index contributed by atoms with van der Waals surface area (Å²) in [5.41, 5.74) is 0.296. The molecule has 1 saturated carbocycles. The van der Waals surface area contributed by atoms with Crippen molar-refractivity contribution in [2.75, 3.05) is 11.9 Å². The van der Waals surface area contributed by atoms with Crippen LogP contribution in [-0.4, -0.2) is 28.8 Å². The van der Waals surface area contributed by atoms with Gasteiger partial charge in [-0.2, -0.15) is 0 Å². The second-order valence-electron chi connectivity index (χ2n) is 5.86. The minimum Gasteiger partial charge on any atom is -0.507 e. The smallest absolute Gasteiger partial charge is 0.339 e. The molecule has 0 saturated heterocycles. The summed E-state index contributed by atoms with van der Waals surface area (Å²) in [5.74, 6) is -1.05. The maximum absolute atomic E-state index is 11.8. The van der Waals surface area contributed by atoms with Crippen LogP contribution in [0, 0.1) is 11.3 Å². The summed E-state index contributed by atoms with van der Waals surface area (Å²) in [7, 11) is 0. The summed E-state index contributed by atoms with van der Waals surface area (Å²) in [6, 6.07) is 3.56. The van der Waals surface area contributed by atoms with Gasteiger partial charge in [0.25, 0.3) is 0 Å². The number of carboxylic acid groups (broad SMARTS) is 1. The van der Waals surface area contributed by atoms with Gasteiger partial charge >= 0.3 is 12.0 Å². The number of carbonyl (C=O) groups excluding carboxylic acids is 1. The monoisotopic (exact) mass is 292 g/mol. The molecule has 0 spiro atoms.